The zero-order valence-corrected chi connectivity index (χ0v) is 13.5. The van der Waals surface area contributed by atoms with Crippen LogP contribution in [0.2, 0.25) is 0 Å². The molecule has 1 fully saturated rings. The normalized spacial score (nSPS) is 22.3. The van der Waals surface area contributed by atoms with Crippen molar-refractivity contribution in [3.63, 3.8) is 0 Å². The van der Waals surface area contributed by atoms with Gasteiger partial charge in [0.2, 0.25) is 10.0 Å². The molecule has 0 radical (unpaired) electrons. The summed E-state index contributed by atoms with van der Waals surface area (Å²) in [5.74, 6) is -0.811. The summed E-state index contributed by atoms with van der Waals surface area (Å²) in [7, 11) is -3.81. The lowest BCUT2D eigenvalue weighted by atomic mass is 10.0. The molecule has 0 aromatic carbocycles. The highest BCUT2D eigenvalue weighted by Gasteiger charge is 2.43. The largest absolute Gasteiger partial charge is 0.479 e. The van der Waals surface area contributed by atoms with Gasteiger partial charge in [0.1, 0.15) is 4.90 Å². The quantitative estimate of drug-likeness (QED) is 0.750. The molecule has 22 heavy (non-hydrogen) atoms. The highest BCUT2D eigenvalue weighted by Crippen LogP contribution is 2.26. The summed E-state index contributed by atoms with van der Waals surface area (Å²) in [6.07, 6.45) is 3.58. The predicted molar refractivity (Wildman–Crippen MR) is 77.8 cm³/mol. The van der Waals surface area contributed by atoms with Crippen molar-refractivity contribution in [2.24, 2.45) is 5.92 Å². The minimum atomic E-state index is -3.81. The molecular weight excluding hydrogens is 310 g/mol. The molecule has 0 spiro atoms. The van der Waals surface area contributed by atoms with Gasteiger partial charge in [-0.2, -0.15) is 5.10 Å². The molecule has 1 aromatic heterocycles. The number of carboxylic acid groups (broad SMARTS) is 1. The average Bonchev–Trinajstić information content (AvgIpc) is 3.05. The smallest absolute Gasteiger partial charge is 0.337 e. The van der Waals surface area contributed by atoms with E-state index in [-0.39, 0.29) is 17.9 Å². The van der Waals surface area contributed by atoms with Crippen LogP contribution in [0.5, 0.6) is 0 Å². The van der Waals surface area contributed by atoms with E-state index >= 15 is 0 Å². The van der Waals surface area contributed by atoms with Gasteiger partial charge in [-0.05, 0) is 18.8 Å². The third kappa shape index (κ3) is 3.65. The van der Waals surface area contributed by atoms with Gasteiger partial charge in [0, 0.05) is 19.3 Å². The molecule has 1 unspecified atom stereocenters. The second kappa shape index (κ2) is 6.35. The van der Waals surface area contributed by atoms with Crippen LogP contribution in [0.15, 0.2) is 17.3 Å². The minimum Gasteiger partial charge on any atom is -0.479 e. The third-order valence-electron chi connectivity index (χ3n) is 3.51. The maximum atomic E-state index is 12.2. The lowest BCUT2D eigenvalue weighted by Crippen LogP contribution is -2.48. The van der Waals surface area contributed by atoms with Crippen LogP contribution >= 0.6 is 0 Å². The SMILES string of the molecule is CC(C)Cn1cc(S(=O)(=O)NCC2(C(=O)O)CCCO2)cn1. The van der Waals surface area contributed by atoms with E-state index in [9.17, 15) is 18.3 Å². The van der Waals surface area contributed by atoms with Gasteiger partial charge in [0.25, 0.3) is 0 Å². The van der Waals surface area contributed by atoms with Gasteiger partial charge in [-0.15, -0.1) is 0 Å². The Kier molecular flexibility index (Phi) is 4.88. The van der Waals surface area contributed by atoms with Crippen LogP contribution in [0, 0.1) is 5.92 Å². The van der Waals surface area contributed by atoms with E-state index < -0.39 is 21.6 Å². The van der Waals surface area contributed by atoms with E-state index in [1.165, 1.54) is 12.4 Å². The first-order valence-corrected chi connectivity index (χ1v) is 8.63. The van der Waals surface area contributed by atoms with Crippen molar-refractivity contribution in [1.29, 1.82) is 0 Å². The molecule has 1 atom stereocenters. The molecule has 8 nitrogen and oxygen atoms in total. The van der Waals surface area contributed by atoms with E-state index in [0.29, 0.717) is 25.5 Å². The average molecular weight is 331 g/mol. The second-order valence-electron chi connectivity index (χ2n) is 5.87. The van der Waals surface area contributed by atoms with Crippen LogP contribution in [-0.4, -0.2) is 48.0 Å². The molecule has 0 bridgehead atoms. The Morgan fingerprint density at radius 3 is 2.86 bits per heavy atom. The van der Waals surface area contributed by atoms with Crippen molar-refractivity contribution in [3.05, 3.63) is 12.4 Å². The van der Waals surface area contributed by atoms with Crippen LogP contribution in [-0.2, 0) is 26.1 Å². The Morgan fingerprint density at radius 1 is 1.59 bits per heavy atom. The number of nitrogens with one attached hydrogen (secondary N) is 1. The number of rotatable bonds is 7. The third-order valence-corrected chi connectivity index (χ3v) is 4.87. The number of nitrogens with zero attached hydrogens (tertiary/aromatic N) is 2. The summed E-state index contributed by atoms with van der Waals surface area (Å²) >= 11 is 0. The Bertz CT molecular complexity index is 632. The lowest BCUT2D eigenvalue weighted by Gasteiger charge is -2.23. The van der Waals surface area contributed by atoms with Gasteiger partial charge in [0.05, 0.1) is 12.7 Å². The van der Waals surface area contributed by atoms with Crippen molar-refractivity contribution in [2.45, 2.75) is 43.7 Å². The summed E-state index contributed by atoms with van der Waals surface area (Å²) in [4.78, 5) is 11.3. The monoisotopic (exact) mass is 331 g/mol. The number of ether oxygens (including phenoxy) is 1. The number of carbonyl (C=O) groups is 1. The standard InChI is InChI=1S/C13H21N3O5S/c1-10(2)7-16-8-11(6-14-16)22(19,20)15-9-13(12(17)18)4-3-5-21-13/h6,8,10,15H,3-5,7,9H2,1-2H3,(H,17,18). The molecule has 2 rings (SSSR count). The van der Waals surface area contributed by atoms with Crippen molar-refractivity contribution < 1.29 is 23.1 Å². The number of sulfonamides is 1. The molecule has 1 aromatic rings. The fraction of sp³-hybridized carbons (Fsp3) is 0.692. The van der Waals surface area contributed by atoms with Crippen LogP contribution in [0.3, 0.4) is 0 Å². The Hall–Kier alpha value is -1.45. The van der Waals surface area contributed by atoms with Crippen molar-refractivity contribution in [3.8, 4) is 0 Å². The van der Waals surface area contributed by atoms with Gasteiger partial charge in [-0.25, -0.2) is 17.9 Å². The molecule has 1 saturated heterocycles. The highest BCUT2D eigenvalue weighted by atomic mass is 32.2. The lowest BCUT2D eigenvalue weighted by molar-refractivity contribution is -0.159. The van der Waals surface area contributed by atoms with E-state index in [2.05, 4.69) is 9.82 Å². The van der Waals surface area contributed by atoms with Gasteiger partial charge in [0.15, 0.2) is 5.60 Å². The van der Waals surface area contributed by atoms with Crippen molar-refractivity contribution in [1.82, 2.24) is 14.5 Å². The fourth-order valence-corrected chi connectivity index (χ4v) is 3.37. The molecule has 0 amide bonds. The molecule has 124 valence electrons. The van der Waals surface area contributed by atoms with Crippen LogP contribution in [0.25, 0.3) is 0 Å². The van der Waals surface area contributed by atoms with Gasteiger partial charge in [-0.3, -0.25) is 4.68 Å². The molecule has 2 N–H and O–H groups in total. The van der Waals surface area contributed by atoms with Crippen LogP contribution < -0.4 is 4.72 Å². The topological polar surface area (TPSA) is 111 Å². The molecule has 0 aliphatic carbocycles. The Balaban J connectivity index is 2.07. The summed E-state index contributed by atoms with van der Waals surface area (Å²) in [6.45, 7) is 4.64. The molecule has 1 aliphatic rings. The maximum absolute atomic E-state index is 12.2. The van der Waals surface area contributed by atoms with Crippen molar-refractivity contribution >= 4 is 16.0 Å². The number of hydrogen-bond donors (Lipinski definition) is 2. The second-order valence-corrected chi connectivity index (χ2v) is 7.63. The zero-order valence-electron chi connectivity index (χ0n) is 12.7. The number of aliphatic carboxylic acids is 1. The Morgan fingerprint density at radius 2 is 2.32 bits per heavy atom. The summed E-state index contributed by atoms with van der Waals surface area (Å²) in [5.41, 5.74) is -1.47. The Labute approximate surface area is 129 Å². The predicted octanol–water partition coefficient (Wildman–Crippen LogP) is 0.451. The van der Waals surface area contributed by atoms with E-state index in [4.69, 9.17) is 4.74 Å². The maximum Gasteiger partial charge on any atom is 0.337 e. The van der Waals surface area contributed by atoms with Crippen LogP contribution in [0.4, 0.5) is 0 Å². The van der Waals surface area contributed by atoms with E-state index in [0.717, 1.165) is 0 Å². The molecule has 0 saturated carbocycles. The van der Waals surface area contributed by atoms with E-state index in [1.54, 1.807) is 4.68 Å². The van der Waals surface area contributed by atoms with E-state index in [1.807, 2.05) is 13.8 Å². The zero-order chi connectivity index (χ0) is 16.4. The fourth-order valence-electron chi connectivity index (χ4n) is 2.33. The van der Waals surface area contributed by atoms with Gasteiger partial charge >= 0.3 is 5.97 Å². The summed E-state index contributed by atoms with van der Waals surface area (Å²) in [6, 6.07) is 0. The minimum absolute atomic E-state index is 0.0201. The van der Waals surface area contributed by atoms with Crippen molar-refractivity contribution in [2.75, 3.05) is 13.2 Å². The summed E-state index contributed by atoms with van der Waals surface area (Å²) < 4.78 is 33.6. The molecule has 2 heterocycles. The molecule has 1 aliphatic heterocycles. The first-order valence-electron chi connectivity index (χ1n) is 7.15. The molecular formula is C13H21N3O5S. The molecule has 9 heteroatoms. The first-order chi connectivity index (χ1) is 10.3. The van der Waals surface area contributed by atoms with Crippen LogP contribution in [0.1, 0.15) is 26.7 Å². The number of aromatic nitrogens is 2. The van der Waals surface area contributed by atoms with Gasteiger partial charge < -0.3 is 9.84 Å². The number of hydrogen-bond acceptors (Lipinski definition) is 5. The first kappa shape index (κ1) is 16.9. The number of carboxylic acids is 1. The summed E-state index contributed by atoms with van der Waals surface area (Å²) in [5, 5.41) is 13.3. The highest BCUT2D eigenvalue weighted by molar-refractivity contribution is 7.89. The van der Waals surface area contributed by atoms with Gasteiger partial charge in [-0.1, -0.05) is 13.8 Å².